The number of halogens is 1. The molecule has 2 fully saturated rings. The summed E-state index contributed by atoms with van der Waals surface area (Å²) in [5.41, 5.74) is 3.07. The Morgan fingerprint density at radius 2 is 1.98 bits per heavy atom. The van der Waals surface area contributed by atoms with Gasteiger partial charge in [-0.3, -0.25) is 9.48 Å². The zero-order valence-corrected chi connectivity index (χ0v) is 23.6. The molecular weight excluding hydrogens is 539 g/mol. The van der Waals surface area contributed by atoms with Crippen molar-refractivity contribution in [3.8, 4) is 28.3 Å². The number of pyridine rings is 1. The maximum atomic E-state index is 14.7. The zero-order chi connectivity index (χ0) is 29.1. The van der Waals surface area contributed by atoms with E-state index in [1.54, 1.807) is 31.3 Å². The molecule has 42 heavy (non-hydrogen) atoms. The average Bonchev–Trinajstić information content (AvgIpc) is 3.68. The standard InChI is InChI=1S/C30H33FN8O3/c1-19(40)35-21-7-11-38(18-21)25-14-28(33-16-23(25)20-15-34-39(17-20)22-8-12-42-13-9-22)36-27-6-10-32-30(37-27)29-24(31)4-3-5-26(29)41-2/h3-6,10,14-17,21-22H,7-9,11-13,18H2,1-2H3,(H,35,40)(H,32,33,36,37)/t21-/m1/s1. The molecule has 2 aliphatic heterocycles. The monoisotopic (exact) mass is 572 g/mol. The maximum Gasteiger partial charge on any atom is 0.217 e. The molecule has 0 aliphatic carbocycles. The van der Waals surface area contributed by atoms with Gasteiger partial charge in [-0.05, 0) is 37.5 Å². The van der Waals surface area contributed by atoms with Crippen molar-refractivity contribution >= 4 is 23.2 Å². The highest BCUT2D eigenvalue weighted by Crippen LogP contribution is 2.36. The Bertz CT molecular complexity index is 1570. The van der Waals surface area contributed by atoms with E-state index in [-0.39, 0.29) is 23.3 Å². The molecule has 1 atom stereocenters. The second-order valence-electron chi connectivity index (χ2n) is 10.5. The number of carbonyl (C=O) groups is 1. The highest BCUT2D eigenvalue weighted by Gasteiger charge is 2.27. The summed E-state index contributed by atoms with van der Waals surface area (Å²) in [6.07, 6.45) is 10.0. The van der Waals surface area contributed by atoms with Crippen LogP contribution in [0.1, 0.15) is 32.2 Å². The number of benzene rings is 1. The van der Waals surface area contributed by atoms with Gasteiger partial charge < -0.3 is 25.0 Å². The lowest BCUT2D eigenvalue weighted by atomic mass is 10.1. The van der Waals surface area contributed by atoms with Crippen LogP contribution < -0.4 is 20.3 Å². The third kappa shape index (κ3) is 5.89. The maximum absolute atomic E-state index is 14.7. The van der Waals surface area contributed by atoms with Crippen LogP contribution in [-0.4, -0.2) is 70.1 Å². The number of carbonyl (C=O) groups excluding carboxylic acids is 1. The van der Waals surface area contributed by atoms with E-state index in [9.17, 15) is 9.18 Å². The van der Waals surface area contributed by atoms with Gasteiger partial charge in [-0.15, -0.1) is 0 Å². The minimum atomic E-state index is -0.472. The van der Waals surface area contributed by atoms with Crippen LogP contribution in [0.3, 0.4) is 0 Å². The summed E-state index contributed by atoms with van der Waals surface area (Å²) in [5.74, 6) is 1.06. The van der Waals surface area contributed by atoms with E-state index in [1.807, 2.05) is 23.1 Å². The number of anilines is 3. The third-order valence-corrected chi connectivity index (χ3v) is 7.63. The number of amides is 1. The molecule has 11 nitrogen and oxygen atoms in total. The van der Waals surface area contributed by atoms with Crippen LogP contribution >= 0.6 is 0 Å². The first kappa shape index (κ1) is 27.6. The molecule has 2 saturated heterocycles. The molecule has 0 radical (unpaired) electrons. The first-order valence-electron chi connectivity index (χ1n) is 14.1. The molecule has 0 saturated carbocycles. The number of methoxy groups -OCH3 is 1. The predicted molar refractivity (Wildman–Crippen MR) is 156 cm³/mol. The largest absolute Gasteiger partial charge is 0.496 e. The van der Waals surface area contributed by atoms with Crippen LogP contribution in [-0.2, 0) is 9.53 Å². The predicted octanol–water partition coefficient (Wildman–Crippen LogP) is 4.36. The minimum absolute atomic E-state index is 0.0389. The van der Waals surface area contributed by atoms with E-state index in [1.165, 1.54) is 13.2 Å². The SMILES string of the molecule is COc1cccc(F)c1-c1nccc(Nc2cc(N3CC[C@@H](NC(C)=O)C3)c(-c3cnn(C4CCOCC4)c3)cn2)n1. The molecule has 218 valence electrons. The molecule has 3 aromatic heterocycles. The smallest absolute Gasteiger partial charge is 0.217 e. The number of ether oxygens (including phenoxy) is 2. The van der Waals surface area contributed by atoms with E-state index in [2.05, 4.69) is 36.8 Å². The van der Waals surface area contributed by atoms with E-state index in [0.717, 1.165) is 55.8 Å². The number of nitrogens with one attached hydrogen (secondary N) is 2. The van der Waals surface area contributed by atoms with Crippen LogP contribution in [0.4, 0.5) is 21.7 Å². The zero-order valence-electron chi connectivity index (χ0n) is 23.6. The lowest BCUT2D eigenvalue weighted by Crippen LogP contribution is -2.35. The Balaban J connectivity index is 1.31. The minimum Gasteiger partial charge on any atom is -0.496 e. The fourth-order valence-electron chi connectivity index (χ4n) is 5.58. The molecule has 0 bridgehead atoms. The Kier molecular flexibility index (Phi) is 7.95. The number of hydrogen-bond acceptors (Lipinski definition) is 9. The summed E-state index contributed by atoms with van der Waals surface area (Å²) in [6, 6.07) is 8.64. The molecule has 1 amide bonds. The van der Waals surface area contributed by atoms with Crippen molar-refractivity contribution in [2.75, 3.05) is 43.6 Å². The Morgan fingerprint density at radius 3 is 2.79 bits per heavy atom. The van der Waals surface area contributed by atoms with Crippen molar-refractivity contribution in [1.82, 2.24) is 30.0 Å². The van der Waals surface area contributed by atoms with Crippen LogP contribution in [0.5, 0.6) is 5.75 Å². The summed E-state index contributed by atoms with van der Waals surface area (Å²) in [4.78, 5) is 27.5. The quantitative estimate of drug-likeness (QED) is 0.317. The topological polar surface area (TPSA) is 119 Å². The van der Waals surface area contributed by atoms with Gasteiger partial charge in [-0.1, -0.05) is 6.07 Å². The van der Waals surface area contributed by atoms with Crippen molar-refractivity contribution in [2.24, 2.45) is 0 Å². The van der Waals surface area contributed by atoms with Crippen molar-refractivity contribution in [1.29, 1.82) is 0 Å². The van der Waals surface area contributed by atoms with Crippen LogP contribution in [0.2, 0.25) is 0 Å². The first-order valence-corrected chi connectivity index (χ1v) is 14.1. The molecule has 2 aliphatic rings. The van der Waals surface area contributed by atoms with E-state index >= 15 is 0 Å². The molecule has 12 heteroatoms. The van der Waals surface area contributed by atoms with Gasteiger partial charge in [0, 0.05) is 75.1 Å². The molecule has 4 aromatic rings. The molecule has 0 unspecified atom stereocenters. The first-order chi connectivity index (χ1) is 20.5. The van der Waals surface area contributed by atoms with Gasteiger partial charge in [0.05, 0.1) is 30.6 Å². The second-order valence-corrected chi connectivity index (χ2v) is 10.5. The van der Waals surface area contributed by atoms with Crippen LogP contribution in [0.15, 0.2) is 55.1 Å². The fourth-order valence-corrected chi connectivity index (χ4v) is 5.58. The summed E-state index contributed by atoms with van der Waals surface area (Å²) in [7, 11) is 1.48. The van der Waals surface area contributed by atoms with Gasteiger partial charge in [0.1, 0.15) is 23.2 Å². The molecule has 0 spiro atoms. The summed E-state index contributed by atoms with van der Waals surface area (Å²) in [6.45, 7) is 4.47. The Labute approximate surface area is 243 Å². The second kappa shape index (κ2) is 12.1. The van der Waals surface area contributed by atoms with Gasteiger partial charge in [0.25, 0.3) is 0 Å². The summed E-state index contributed by atoms with van der Waals surface area (Å²) in [5, 5.41) is 11.0. The lowest BCUT2D eigenvalue weighted by Gasteiger charge is -2.23. The highest BCUT2D eigenvalue weighted by molar-refractivity contribution is 5.80. The van der Waals surface area contributed by atoms with Gasteiger partial charge in [0.15, 0.2) is 5.82 Å². The molecule has 2 N–H and O–H groups in total. The van der Waals surface area contributed by atoms with Gasteiger partial charge in [-0.2, -0.15) is 5.10 Å². The Hall–Kier alpha value is -4.58. The summed E-state index contributed by atoms with van der Waals surface area (Å²) >= 11 is 0. The van der Waals surface area contributed by atoms with Crippen molar-refractivity contribution in [3.63, 3.8) is 0 Å². The number of hydrogen-bond donors (Lipinski definition) is 2. The van der Waals surface area contributed by atoms with E-state index in [4.69, 9.17) is 14.5 Å². The molecule has 5 heterocycles. The van der Waals surface area contributed by atoms with Gasteiger partial charge in [-0.25, -0.2) is 19.3 Å². The average molecular weight is 573 g/mol. The Morgan fingerprint density at radius 1 is 1.12 bits per heavy atom. The van der Waals surface area contributed by atoms with Crippen molar-refractivity contribution < 1.29 is 18.7 Å². The van der Waals surface area contributed by atoms with Gasteiger partial charge in [0.2, 0.25) is 5.91 Å². The van der Waals surface area contributed by atoms with E-state index in [0.29, 0.717) is 30.0 Å². The highest BCUT2D eigenvalue weighted by atomic mass is 19.1. The number of aromatic nitrogens is 5. The molecular formula is C30H33FN8O3. The fraction of sp³-hybridized carbons (Fsp3) is 0.367. The normalized spacial score (nSPS) is 17.3. The third-order valence-electron chi connectivity index (χ3n) is 7.63. The number of rotatable bonds is 8. The molecule has 6 rings (SSSR count). The molecule has 1 aromatic carbocycles. The van der Waals surface area contributed by atoms with Crippen molar-refractivity contribution in [3.05, 3.63) is 60.9 Å². The van der Waals surface area contributed by atoms with Crippen molar-refractivity contribution in [2.45, 2.75) is 38.3 Å². The van der Waals surface area contributed by atoms with Gasteiger partial charge >= 0.3 is 0 Å². The summed E-state index contributed by atoms with van der Waals surface area (Å²) < 4.78 is 27.6. The number of nitrogens with zero attached hydrogens (tertiary/aromatic N) is 6. The van der Waals surface area contributed by atoms with Crippen LogP contribution in [0, 0.1) is 5.82 Å². The van der Waals surface area contributed by atoms with E-state index < -0.39 is 5.82 Å². The van der Waals surface area contributed by atoms with Crippen LogP contribution in [0.25, 0.3) is 22.5 Å². The lowest BCUT2D eigenvalue weighted by molar-refractivity contribution is -0.119.